The van der Waals surface area contributed by atoms with Crippen molar-refractivity contribution in [2.45, 2.75) is 46.6 Å². The zero-order valence-electron chi connectivity index (χ0n) is 14.5. The van der Waals surface area contributed by atoms with Gasteiger partial charge in [0.05, 0.1) is 12.6 Å². The third-order valence-corrected chi connectivity index (χ3v) is 4.10. The minimum atomic E-state index is 0.393. The van der Waals surface area contributed by atoms with Crippen molar-refractivity contribution in [3.63, 3.8) is 0 Å². The Morgan fingerprint density at radius 3 is 2.59 bits per heavy atom. The molecule has 2 aromatic rings. The van der Waals surface area contributed by atoms with Crippen LogP contribution in [0.1, 0.15) is 51.2 Å². The SMILES string of the molecule is CCCN(CC)Cc1cnc2c(C(C)C)c(OC)ccc2c1. The molecule has 0 amide bonds. The van der Waals surface area contributed by atoms with Gasteiger partial charge in [-0.05, 0) is 49.2 Å². The Morgan fingerprint density at radius 2 is 2.00 bits per heavy atom. The average molecular weight is 300 g/mol. The Balaban J connectivity index is 2.39. The monoisotopic (exact) mass is 300 g/mol. The van der Waals surface area contributed by atoms with Crippen molar-refractivity contribution in [2.75, 3.05) is 20.2 Å². The minimum Gasteiger partial charge on any atom is -0.496 e. The molecule has 0 radical (unpaired) electrons. The highest BCUT2D eigenvalue weighted by Crippen LogP contribution is 2.33. The topological polar surface area (TPSA) is 25.4 Å². The molecule has 0 saturated carbocycles. The van der Waals surface area contributed by atoms with E-state index in [1.54, 1.807) is 7.11 Å². The van der Waals surface area contributed by atoms with Crippen molar-refractivity contribution in [3.05, 3.63) is 35.5 Å². The Morgan fingerprint density at radius 1 is 1.23 bits per heavy atom. The summed E-state index contributed by atoms with van der Waals surface area (Å²) in [6.45, 7) is 12.0. The van der Waals surface area contributed by atoms with Crippen LogP contribution >= 0.6 is 0 Å². The molecule has 0 saturated heterocycles. The van der Waals surface area contributed by atoms with Crippen LogP contribution in [-0.4, -0.2) is 30.1 Å². The van der Waals surface area contributed by atoms with Crippen molar-refractivity contribution in [2.24, 2.45) is 0 Å². The lowest BCUT2D eigenvalue weighted by molar-refractivity contribution is 0.280. The second-order valence-corrected chi connectivity index (χ2v) is 6.12. The summed E-state index contributed by atoms with van der Waals surface area (Å²) in [4.78, 5) is 7.21. The number of methoxy groups -OCH3 is 1. The predicted octanol–water partition coefficient (Wildman–Crippen LogP) is 4.60. The summed E-state index contributed by atoms with van der Waals surface area (Å²) in [5.41, 5.74) is 3.55. The lowest BCUT2D eigenvalue weighted by Gasteiger charge is -2.20. The van der Waals surface area contributed by atoms with Gasteiger partial charge in [0, 0.05) is 23.7 Å². The van der Waals surface area contributed by atoms with E-state index < -0.39 is 0 Å². The minimum absolute atomic E-state index is 0.393. The highest BCUT2D eigenvalue weighted by Gasteiger charge is 2.14. The van der Waals surface area contributed by atoms with Gasteiger partial charge in [0.2, 0.25) is 0 Å². The molecule has 0 aliphatic carbocycles. The Labute approximate surface area is 134 Å². The standard InChI is InChI=1S/C19H28N2O/c1-6-10-21(7-2)13-15-11-16-8-9-17(22-5)18(14(3)4)19(16)20-12-15/h8-9,11-12,14H,6-7,10,13H2,1-5H3. The fourth-order valence-electron chi connectivity index (χ4n) is 3.00. The fraction of sp³-hybridized carbons (Fsp3) is 0.526. The van der Waals surface area contributed by atoms with E-state index in [1.807, 2.05) is 6.20 Å². The molecule has 0 fully saturated rings. The second kappa shape index (κ2) is 7.59. The molecule has 1 aromatic heterocycles. The van der Waals surface area contributed by atoms with Gasteiger partial charge < -0.3 is 4.74 Å². The summed E-state index contributed by atoms with van der Waals surface area (Å²) in [5, 5.41) is 1.20. The van der Waals surface area contributed by atoms with E-state index in [4.69, 9.17) is 9.72 Å². The first-order valence-electron chi connectivity index (χ1n) is 8.28. The van der Waals surface area contributed by atoms with Gasteiger partial charge in [-0.2, -0.15) is 0 Å². The number of benzene rings is 1. The number of fused-ring (bicyclic) bond motifs is 1. The smallest absolute Gasteiger partial charge is 0.124 e. The first-order chi connectivity index (χ1) is 10.6. The number of pyridine rings is 1. The summed E-state index contributed by atoms with van der Waals surface area (Å²) < 4.78 is 5.51. The lowest BCUT2D eigenvalue weighted by Crippen LogP contribution is -2.23. The molecule has 1 aromatic carbocycles. The molecule has 22 heavy (non-hydrogen) atoms. The zero-order chi connectivity index (χ0) is 16.1. The molecule has 0 bridgehead atoms. The van der Waals surface area contributed by atoms with Gasteiger partial charge in [0.25, 0.3) is 0 Å². The molecule has 0 unspecified atom stereocenters. The van der Waals surface area contributed by atoms with Crippen molar-refractivity contribution in [1.29, 1.82) is 0 Å². The zero-order valence-corrected chi connectivity index (χ0v) is 14.5. The Bertz CT molecular complexity index is 622. The van der Waals surface area contributed by atoms with E-state index in [9.17, 15) is 0 Å². The van der Waals surface area contributed by atoms with Crippen molar-refractivity contribution < 1.29 is 4.74 Å². The van der Waals surface area contributed by atoms with Gasteiger partial charge in [0.1, 0.15) is 5.75 Å². The Hall–Kier alpha value is -1.61. The van der Waals surface area contributed by atoms with E-state index in [0.29, 0.717) is 5.92 Å². The predicted molar refractivity (Wildman–Crippen MR) is 93.6 cm³/mol. The molecule has 120 valence electrons. The third-order valence-electron chi connectivity index (χ3n) is 4.10. The quantitative estimate of drug-likeness (QED) is 0.747. The first-order valence-corrected chi connectivity index (χ1v) is 8.28. The molecular weight excluding hydrogens is 272 g/mol. The highest BCUT2D eigenvalue weighted by molar-refractivity contribution is 5.85. The van der Waals surface area contributed by atoms with Gasteiger partial charge in [-0.1, -0.05) is 27.7 Å². The number of ether oxygens (including phenoxy) is 1. The Kier molecular flexibility index (Phi) is 5.78. The molecule has 0 N–H and O–H groups in total. The lowest BCUT2D eigenvalue weighted by atomic mass is 9.98. The summed E-state index contributed by atoms with van der Waals surface area (Å²) in [7, 11) is 1.73. The van der Waals surface area contributed by atoms with Crippen LogP contribution in [0.2, 0.25) is 0 Å². The maximum absolute atomic E-state index is 5.51. The molecule has 3 nitrogen and oxygen atoms in total. The molecule has 2 rings (SSSR count). The molecule has 0 spiro atoms. The molecule has 0 aliphatic rings. The number of aromatic nitrogens is 1. The molecule has 3 heteroatoms. The van der Waals surface area contributed by atoms with Crippen LogP contribution in [0.25, 0.3) is 10.9 Å². The maximum atomic E-state index is 5.51. The number of hydrogen-bond acceptors (Lipinski definition) is 3. The summed E-state index contributed by atoms with van der Waals surface area (Å²) in [6, 6.07) is 6.45. The normalized spacial score (nSPS) is 11.6. The van der Waals surface area contributed by atoms with E-state index in [2.05, 4.69) is 50.8 Å². The van der Waals surface area contributed by atoms with E-state index in [1.165, 1.54) is 22.9 Å². The second-order valence-electron chi connectivity index (χ2n) is 6.12. The molecule has 0 atom stereocenters. The van der Waals surface area contributed by atoms with Gasteiger partial charge in [-0.3, -0.25) is 9.88 Å². The van der Waals surface area contributed by atoms with Crippen LogP contribution in [0.3, 0.4) is 0 Å². The van der Waals surface area contributed by atoms with Gasteiger partial charge in [-0.25, -0.2) is 0 Å². The summed E-state index contributed by atoms with van der Waals surface area (Å²) in [5.74, 6) is 1.33. The van der Waals surface area contributed by atoms with Crippen LogP contribution < -0.4 is 4.74 Å². The van der Waals surface area contributed by atoms with Crippen molar-refractivity contribution in [3.8, 4) is 5.75 Å². The first kappa shape index (κ1) is 16.8. The number of hydrogen-bond donors (Lipinski definition) is 0. The van der Waals surface area contributed by atoms with Crippen LogP contribution in [0, 0.1) is 0 Å². The van der Waals surface area contributed by atoms with Crippen LogP contribution in [0.5, 0.6) is 5.75 Å². The van der Waals surface area contributed by atoms with Crippen LogP contribution in [-0.2, 0) is 6.54 Å². The number of nitrogens with zero attached hydrogens (tertiary/aromatic N) is 2. The number of rotatable bonds is 7. The molecule has 0 aliphatic heterocycles. The van der Waals surface area contributed by atoms with Gasteiger partial charge in [-0.15, -0.1) is 0 Å². The largest absolute Gasteiger partial charge is 0.496 e. The average Bonchev–Trinajstić information content (AvgIpc) is 2.52. The van der Waals surface area contributed by atoms with Gasteiger partial charge in [0.15, 0.2) is 0 Å². The van der Waals surface area contributed by atoms with Crippen LogP contribution in [0.4, 0.5) is 0 Å². The van der Waals surface area contributed by atoms with Gasteiger partial charge >= 0.3 is 0 Å². The van der Waals surface area contributed by atoms with Crippen LogP contribution in [0.15, 0.2) is 24.4 Å². The molecular formula is C19H28N2O. The summed E-state index contributed by atoms with van der Waals surface area (Å²) >= 11 is 0. The van der Waals surface area contributed by atoms with E-state index >= 15 is 0 Å². The molecule has 1 heterocycles. The third kappa shape index (κ3) is 3.58. The van der Waals surface area contributed by atoms with E-state index in [0.717, 1.165) is 30.9 Å². The fourth-order valence-corrected chi connectivity index (χ4v) is 3.00. The maximum Gasteiger partial charge on any atom is 0.124 e. The van der Waals surface area contributed by atoms with E-state index in [-0.39, 0.29) is 0 Å². The van der Waals surface area contributed by atoms with Crippen molar-refractivity contribution in [1.82, 2.24) is 9.88 Å². The van der Waals surface area contributed by atoms with Crippen molar-refractivity contribution >= 4 is 10.9 Å². The summed E-state index contributed by atoms with van der Waals surface area (Å²) in [6.07, 6.45) is 3.20. The highest BCUT2D eigenvalue weighted by atomic mass is 16.5.